The number of sulfonamides is 1. The Morgan fingerprint density at radius 1 is 1.18 bits per heavy atom. The average molecular weight is 409 g/mol. The molecule has 0 aromatic heterocycles. The third kappa shape index (κ3) is 4.48. The predicted molar refractivity (Wildman–Crippen MR) is 107 cm³/mol. The number of benzene rings is 1. The average Bonchev–Trinajstić information content (AvgIpc) is 2.70. The van der Waals surface area contributed by atoms with Crippen molar-refractivity contribution in [2.45, 2.75) is 51.5 Å². The van der Waals surface area contributed by atoms with E-state index in [1.807, 2.05) is 4.90 Å². The highest BCUT2D eigenvalue weighted by atomic mass is 32.2. The summed E-state index contributed by atoms with van der Waals surface area (Å²) in [6.45, 7) is 2.96. The lowest BCUT2D eigenvalue weighted by atomic mass is 10.00. The van der Waals surface area contributed by atoms with Gasteiger partial charge in [0.25, 0.3) is 5.91 Å². The fourth-order valence-corrected chi connectivity index (χ4v) is 5.08. The maximum absolute atomic E-state index is 12.5. The van der Waals surface area contributed by atoms with Crippen molar-refractivity contribution in [1.82, 2.24) is 4.90 Å². The SMILES string of the molecule is CC[C@H]1CCCCN1C(=O)COC(=O)c1ccc2c(c1)CCCN2S(C)(=O)=O. The maximum Gasteiger partial charge on any atom is 0.338 e. The van der Waals surface area contributed by atoms with E-state index < -0.39 is 16.0 Å². The van der Waals surface area contributed by atoms with Gasteiger partial charge in [-0.05, 0) is 62.3 Å². The molecule has 1 aromatic rings. The van der Waals surface area contributed by atoms with Gasteiger partial charge in [-0.1, -0.05) is 6.92 Å². The molecule has 0 spiro atoms. The van der Waals surface area contributed by atoms with Crippen molar-refractivity contribution in [3.05, 3.63) is 29.3 Å². The number of carbonyl (C=O) groups is 2. The second kappa shape index (κ2) is 8.51. The topological polar surface area (TPSA) is 84.0 Å². The van der Waals surface area contributed by atoms with E-state index >= 15 is 0 Å². The lowest BCUT2D eigenvalue weighted by molar-refractivity contribution is -0.138. The molecule has 7 nitrogen and oxygen atoms in total. The van der Waals surface area contributed by atoms with Crippen LogP contribution in [0.4, 0.5) is 5.69 Å². The smallest absolute Gasteiger partial charge is 0.338 e. The van der Waals surface area contributed by atoms with Gasteiger partial charge in [0.2, 0.25) is 10.0 Å². The zero-order chi connectivity index (χ0) is 20.3. The molecule has 28 heavy (non-hydrogen) atoms. The summed E-state index contributed by atoms with van der Waals surface area (Å²) in [4.78, 5) is 26.7. The number of carbonyl (C=O) groups excluding carboxylic acids is 2. The summed E-state index contributed by atoms with van der Waals surface area (Å²) in [5.41, 5.74) is 1.76. The molecule has 2 aliphatic heterocycles. The molecule has 1 fully saturated rings. The Labute approximate surface area is 166 Å². The number of hydrogen-bond donors (Lipinski definition) is 0. The molecule has 8 heteroatoms. The molecule has 0 N–H and O–H groups in total. The summed E-state index contributed by atoms with van der Waals surface area (Å²) in [5.74, 6) is -0.709. The maximum atomic E-state index is 12.5. The minimum atomic E-state index is -3.35. The molecule has 2 aliphatic rings. The van der Waals surface area contributed by atoms with Crippen LogP contribution in [0, 0.1) is 0 Å². The summed E-state index contributed by atoms with van der Waals surface area (Å²) in [5, 5.41) is 0. The van der Waals surface area contributed by atoms with Crippen LogP contribution in [0.2, 0.25) is 0 Å². The van der Waals surface area contributed by atoms with Gasteiger partial charge in [0, 0.05) is 19.1 Å². The van der Waals surface area contributed by atoms with E-state index in [9.17, 15) is 18.0 Å². The van der Waals surface area contributed by atoms with Gasteiger partial charge in [0.1, 0.15) is 0 Å². The third-order valence-corrected chi connectivity index (χ3v) is 6.72. The highest BCUT2D eigenvalue weighted by molar-refractivity contribution is 7.92. The van der Waals surface area contributed by atoms with E-state index in [2.05, 4.69) is 6.92 Å². The van der Waals surface area contributed by atoms with E-state index in [4.69, 9.17) is 4.74 Å². The van der Waals surface area contributed by atoms with Crippen molar-refractivity contribution in [3.63, 3.8) is 0 Å². The van der Waals surface area contributed by atoms with Crippen molar-refractivity contribution in [2.24, 2.45) is 0 Å². The number of anilines is 1. The molecule has 0 saturated carbocycles. The first kappa shape index (κ1) is 20.6. The Balaban J connectivity index is 1.66. The highest BCUT2D eigenvalue weighted by Gasteiger charge is 2.27. The Bertz CT molecular complexity index is 852. The van der Waals surface area contributed by atoms with E-state index in [0.717, 1.165) is 37.8 Å². The molecule has 3 rings (SSSR count). The number of aryl methyl sites for hydroxylation is 1. The van der Waals surface area contributed by atoms with Crippen LogP contribution in [0.15, 0.2) is 18.2 Å². The first-order valence-electron chi connectivity index (χ1n) is 9.88. The molecule has 1 saturated heterocycles. The number of piperidine rings is 1. The zero-order valence-corrected chi connectivity index (χ0v) is 17.3. The first-order chi connectivity index (χ1) is 13.3. The fraction of sp³-hybridized carbons (Fsp3) is 0.600. The molecule has 0 aliphatic carbocycles. The third-order valence-electron chi connectivity index (χ3n) is 5.54. The van der Waals surface area contributed by atoms with Crippen molar-refractivity contribution in [1.29, 1.82) is 0 Å². The molecular formula is C20H28N2O5S. The summed E-state index contributed by atoms with van der Waals surface area (Å²) in [6, 6.07) is 5.11. The van der Waals surface area contributed by atoms with Crippen LogP contribution in [-0.2, 0) is 26.0 Å². The van der Waals surface area contributed by atoms with Crippen LogP contribution in [0.3, 0.4) is 0 Å². The molecule has 1 amide bonds. The summed E-state index contributed by atoms with van der Waals surface area (Å²) >= 11 is 0. The summed E-state index contributed by atoms with van der Waals surface area (Å²) in [6.07, 6.45) is 6.59. The minimum absolute atomic E-state index is 0.152. The Morgan fingerprint density at radius 2 is 1.96 bits per heavy atom. The molecule has 0 radical (unpaired) electrons. The van der Waals surface area contributed by atoms with Crippen LogP contribution in [0.5, 0.6) is 0 Å². The summed E-state index contributed by atoms with van der Waals surface area (Å²) < 4.78 is 30.5. The molecule has 1 aromatic carbocycles. The van der Waals surface area contributed by atoms with Crippen LogP contribution < -0.4 is 4.31 Å². The van der Waals surface area contributed by atoms with Gasteiger partial charge in [-0.25, -0.2) is 13.2 Å². The van der Waals surface area contributed by atoms with E-state index in [1.165, 1.54) is 10.6 Å². The van der Waals surface area contributed by atoms with Gasteiger partial charge in [-0.3, -0.25) is 9.10 Å². The van der Waals surface area contributed by atoms with Crippen molar-refractivity contribution in [2.75, 3.05) is 30.3 Å². The number of nitrogens with zero attached hydrogens (tertiary/aromatic N) is 2. The predicted octanol–water partition coefficient (Wildman–Crippen LogP) is 2.35. The monoisotopic (exact) mass is 408 g/mol. The molecule has 154 valence electrons. The number of likely N-dealkylation sites (tertiary alicyclic amines) is 1. The van der Waals surface area contributed by atoms with E-state index in [-0.39, 0.29) is 18.6 Å². The highest BCUT2D eigenvalue weighted by Crippen LogP contribution is 2.30. The standard InChI is InChI=1S/C20H28N2O5S/c1-3-17-8-4-5-11-21(17)19(23)14-27-20(24)16-9-10-18-15(13-16)7-6-12-22(18)28(2,25)26/h9-10,13,17H,3-8,11-12,14H2,1-2H3/t17-/m0/s1. The quantitative estimate of drug-likeness (QED) is 0.699. The lowest BCUT2D eigenvalue weighted by Gasteiger charge is -2.35. The van der Waals surface area contributed by atoms with Gasteiger partial charge in [0.15, 0.2) is 6.61 Å². The number of ether oxygens (including phenoxy) is 1. The van der Waals surface area contributed by atoms with Crippen LogP contribution in [0.25, 0.3) is 0 Å². The number of amides is 1. The van der Waals surface area contributed by atoms with Gasteiger partial charge >= 0.3 is 5.97 Å². The van der Waals surface area contributed by atoms with Crippen LogP contribution in [-0.4, -0.2) is 57.2 Å². The van der Waals surface area contributed by atoms with Gasteiger partial charge in [-0.2, -0.15) is 0 Å². The fourth-order valence-electron chi connectivity index (χ4n) is 4.08. The normalized spacial score (nSPS) is 19.9. The molecule has 2 heterocycles. The van der Waals surface area contributed by atoms with E-state index in [0.29, 0.717) is 30.6 Å². The number of rotatable bonds is 5. The second-order valence-electron chi connectivity index (χ2n) is 7.50. The Kier molecular flexibility index (Phi) is 6.27. The zero-order valence-electron chi connectivity index (χ0n) is 16.5. The Morgan fingerprint density at radius 3 is 2.68 bits per heavy atom. The van der Waals surface area contributed by atoms with E-state index in [1.54, 1.807) is 18.2 Å². The molecule has 0 bridgehead atoms. The molecule has 0 unspecified atom stereocenters. The largest absolute Gasteiger partial charge is 0.452 e. The Hall–Kier alpha value is -2.09. The van der Waals surface area contributed by atoms with Crippen molar-refractivity contribution < 1.29 is 22.7 Å². The number of fused-ring (bicyclic) bond motifs is 1. The van der Waals surface area contributed by atoms with Gasteiger partial charge in [-0.15, -0.1) is 0 Å². The number of esters is 1. The van der Waals surface area contributed by atoms with Crippen molar-refractivity contribution in [3.8, 4) is 0 Å². The lowest BCUT2D eigenvalue weighted by Crippen LogP contribution is -2.45. The molecule has 1 atom stereocenters. The van der Waals surface area contributed by atoms with Gasteiger partial charge < -0.3 is 9.64 Å². The molecular weight excluding hydrogens is 380 g/mol. The van der Waals surface area contributed by atoms with Crippen LogP contribution in [0.1, 0.15) is 54.9 Å². The van der Waals surface area contributed by atoms with Gasteiger partial charge in [0.05, 0.1) is 17.5 Å². The van der Waals surface area contributed by atoms with Crippen molar-refractivity contribution >= 4 is 27.6 Å². The second-order valence-corrected chi connectivity index (χ2v) is 9.41. The summed E-state index contributed by atoms with van der Waals surface area (Å²) in [7, 11) is -3.35. The minimum Gasteiger partial charge on any atom is -0.452 e. The first-order valence-corrected chi connectivity index (χ1v) is 11.7. The number of hydrogen-bond acceptors (Lipinski definition) is 5. The van der Waals surface area contributed by atoms with Crippen LogP contribution >= 0.6 is 0 Å².